The lowest BCUT2D eigenvalue weighted by Gasteiger charge is -2.13. The van der Waals surface area contributed by atoms with Crippen LogP contribution in [0.25, 0.3) is 0 Å². The van der Waals surface area contributed by atoms with Gasteiger partial charge in [0.2, 0.25) is 11.8 Å². The van der Waals surface area contributed by atoms with Crippen molar-refractivity contribution >= 4 is 35.3 Å². The van der Waals surface area contributed by atoms with Crippen molar-refractivity contribution in [2.75, 3.05) is 24.3 Å². The normalized spacial score (nSPS) is 10.0. The summed E-state index contributed by atoms with van der Waals surface area (Å²) in [5, 5.41) is 7.84. The second-order valence-corrected chi connectivity index (χ2v) is 6.57. The molecule has 0 bridgehead atoms. The minimum absolute atomic E-state index is 0.112. The third-order valence-corrected chi connectivity index (χ3v) is 4.09. The largest absolute Gasteiger partial charge is 0.465 e. The highest BCUT2D eigenvalue weighted by molar-refractivity contribution is 6.01. The number of nitrogens with one attached hydrogen (secondary N) is 3. The van der Waals surface area contributed by atoms with Gasteiger partial charge < -0.3 is 25.4 Å². The van der Waals surface area contributed by atoms with Gasteiger partial charge in [-0.25, -0.2) is 9.59 Å². The van der Waals surface area contributed by atoms with Crippen molar-refractivity contribution in [3.63, 3.8) is 0 Å². The molecule has 2 rings (SSSR count). The van der Waals surface area contributed by atoms with Crippen molar-refractivity contribution in [3.05, 3.63) is 59.7 Å². The van der Waals surface area contributed by atoms with Crippen molar-refractivity contribution < 1.29 is 28.7 Å². The van der Waals surface area contributed by atoms with E-state index in [1.54, 1.807) is 0 Å². The van der Waals surface area contributed by atoms with Crippen LogP contribution in [0, 0.1) is 0 Å². The molecule has 0 atom stereocenters. The first-order valence-electron chi connectivity index (χ1n) is 9.63. The summed E-state index contributed by atoms with van der Waals surface area (Å²) in [7, 11) is 1.25. The van der Waals surface area contributed by atoms with Gasteiger partial charge >= 0.3 is 12.1 Å². The van der Waals surface area contributed by atoms with E-state index >= 15 is 0 Å². The Morgan fingerprint density at radius 2 is 1.68 bits per heavy atom. The molecule has 3 amide bonds. The number of hydrogen-bond acceptors (Lipinski definition) is 6. The van der Waals surface area contributed by atoms with Crippen molar-refractivity contribution in [1.82, 2.24) is 5.32 Å². The molecule has 0 radical (unpaired) electrons. The van der Waals surface area contributed by atoms with E-state index in [0.717, 1.165) is 5.56 Å². The molecule has 0 aliphatic rings. The Labute approximate surface area is 180 Å². The van der Waals surface area contributed by atoms with Crippen LogP contribution in [0.15, 0.2) is 48.5 Å². The van der Waals surface area contributed by atoms with Gasteiger partial charge in [0.05, 0.1) is 24.0 Å². The Morgan fingerprint density at radius 3 is 2.35 bits per heavy atom. The number of amides is 3. The first kappa shape index (κ1) is 23.4. The number of methoxy groups -OCH3 is 1. The van der Waals surface area contributed by atoms with Crippen molar-refractivity contribution in [2.45, 2.75) is 26.4 Å². The lowest BCUT2D eigenvalue weighted by Crippen LogP contribution is -2.26. The zero-order valence-corrected chi connectivity index (χ0v) is 17.4. The monoisotopic (exact) mass is 427 g/mol. The van der Waals surface area contributed by atoms with Gasteiger partial charge in [0.15, 0.2) is 0 Å². The maximum Gasteiger partial charge on any atom is 0.407 e. The Morgan fingerprint density at radius 1 is 0.935 bits per heavy atom. The summed E-state index contributed by atoms with van der Waals surface area (Å²) in [6.07, 6.45) is -0.0812. The van der Waals surface area contributed by atoms with Crippen LogP contribution in [-0.4, -0.2) is 37.5 Å². The Kier molecular flexibility index (Phi) is 9.03. The summed E-state index contributed by atoms with van der Waals surface area (Å²) in [4.78, 5) is 47.1. The molecule has 2 aromatic rings. The Balaban J connectivity index is 1.81. The van der Waals surface area contributed by atoms with E-state index in [4.69, 9.17) is 4.74 Å². The predicted octanol–water partition coefficient (Wildman–Crippen LogP) is 3.08. The third kappa shape index (κ3) is 8.17. The molecule has 9 nitrogen and oxygen atoms in total. The minimum atomic E-state index is -0.567. The smallest absolute Gasteiger partial charge is 0.407 e. The van der Waals surface area contributed by atoms with E-state index in [2.05, 4.69) is 20.7 Å². The molecule has 0 fully saturated rings. The fraction of sp³-hybridized carbons (Fsp3) is 0.273. The summed E-state index contributed by atoms with van der Waals surface area (Å²) in [5.41, 5.74) is 1.74. The highest BCUT2D eigenvalue weighted by Gasteiger charge is 2.13. The fourth-order valence-electron chi connectivity index (χ4n) is 2.62. The number of benzene rings is 2. The van der Waals surface area contributed by atoms with Crippen LogP contribution < -0.4 is 16.0 Å². The van der Waals surface area contributed by atoms with Gasteiger partial charge in [0.25, 0.3) is 0 Å². The van der Waals surface area contributed by atoms with Gasteiger partial charge in [-0.1, -0.05) is 30.3 Å². The molecular formula is C22H25N3O6. The Bertz CT molecular complexity index is 930. The summed E-state index contributed by atoms with van der Waals surface area (Å²) in [6, 6.07) is 13.7. The first-order chi connectivity index (χ1) is 14.9. The number of alkyl carbamates (subject to hydrolysis) is 1. The molecule has 0 spiro atoms. The molecule has 164 valence electrons. The van der Waals surface area contributed by atoms with Gasteiger partial charge in [0, 0.05) is 19.9 Å². The zero-order chi connectivity index (χ0) is 22.6. The van der Waals surface area contributed by atoms with Gasteiger partial charge in [-0.2, -0.15) is 0 Å². The maximum absolute atomic E-state index is 12.3. The number of anilines is 2. The molecule has 2 aromatic carbocycles. The van der Waals surface area contributed by atoms with Crippen LogP contribution in [-0.2, 0) is 25.7 Å². The molecular weight excluding hydrogens is 402 g/mol. The molecule has 0 aliphatic heterocycles. The molecule has 31 heavy (non-hydrogen) atoms. The zero-order valence-electron chi connectivity index (χ0n) is 17.4. The van der Waals surface area contributed by atoms with E-state index in [0.29, 0.717) is 12.1 Å². The summed E-state index contributed by atoms with van der Waals surface area (Å²) < 4.78 is 9.77. The van der Waals surface area contributed by atoms with E-state index in [-0.39, 0.29) is 42.6 Å². The first-order valence-corrected chi connectivity index (χ1v) is 9.63. The molecule has 0 aliphatic carbocycles. The van der Waals surface area contributed by atoms with E-state index in [1.807, 2.05) is 30.3 Å². The lowest BCUT2D eigenvalue weighted by atomic mass is 10.1. The highest BCUT2D eigenvalue weighted by atomic mass is 16.5. The highest BCUT2D eigenvalue weighted by Crippen LogP contribution is 2.24. The predicted molar refractivity (Wildman–Crippen MR) is 115 cm³/mol. The SMILES string of the molecule is COC(=O)c1ccc(NC(C)=O)c(NC(=O)CCCNC(=O)OCc2ccccc2)c1. The standard InChI is InChI=1S/C22H25N3O6/c1-15(26)24-18-11-10-17(21(28)30-2)13-19(18)25-20(27)9-6-12-23-22(29)31-14-16-7-4-3-5-8-16/h3-5,7-8,10-11,13H,6,9,12,14H2,1-2H3,(H,23,29)(H,24,26)(H,25,27). The average molecular weight is 427 g/mol. The Hall–Kier alpha value is -3.88. The topological polar surface area (TPSA) is 123 Å². The van der Waals surface area contributed by atoms with E-state index < -0.39 is 12.1 Å². The van der Waals surface area contributed by atoms with E-state index in [9.17, 15) is 19.2 Å². The molecule has 0 heterocycles. The summed E-state index contributed by atoms with van der Waals surface area (Å²) in [6.45, 7) is 1.75. The van der Waals surface area contributed by atoms with Gasteiger partial charge in [-0.15, -0.1) is 0 Å². The average Bonchev–Trinajstić information content (AvgIpc) is 2.76. The maximum atomic E-state index is 12.3. The van der Waals surface area contributed by atoms with E-state index in [1.165, 1.54) is 32.2 Å². The summed E-state index contributed by atoms with van der Waals surface area (Å²) >= 11 is 0. The minimum Gasteiger partial charge on any atom is -0.465 e. The van der Waals surface area contributed by atoms with Crippen LogP contribution in [0.4, 0.5) is 16.2 Å². The molecule has 0 saturated carbocycles. The fourth-order valence-corrected chi connectivity index (χ4v) is 2.62. The van der Waals surface area contributed by atoms with Crippen molar-refractivity contribution in [2.24, 2.45) is 0 Å². The molecule has 0 unspecified atom stereocenters. The summed E-state index contributed by atoms with van der Waals surface area (Å²) in [5.74, 6) is -1.23. The van der Waals surface area contributed by atoms with Crippen LogP contribution in [0.3, 0.4) is 0 Å². The molecule has 0 saturated heterocycles. The molecule has 3 N–H and O–H groups in total. The number of carbonyl (C=O) groups excluding carboxylic acids is 4. The number of ether oxygens (including phenoxy) is 2. The van der Waals surface area contributed by atoms with Crippen LogP contribution in [0.2, 0.25) is 0 Å². The van der Waals surface area contributed by atoms with Crippen LogP contribution in [0.5, 0.6) is 0 Å². The van der Waals surface area contributed by atoms with Crippen LogP contribution >= 0.6 is 0 Å². The number of hydrogen-bond donors (Lipinski definition) is 3. The molecule has 0 aromatic heterocycles. The van der Waals surface area contributed by atoms with Gasteiger partial charge in [-0.3, -0.25) is 9.59 Å². The second-order valence-electron chi connectivity index (χ2n) is 6.57. The quantitative estimate of drug-likeness (QED) is 0.417. The van der Waals surface area contributed by atoms with Crippen LogP contribution in [0.1, 0.15) is 35.7 Å². The van der Waals surface area contributed by atoms with Crippen molar-refractivity contribution in [3.8, 4) is 0 Å². The number of rotatable bonds is 9. The number of carbonyl (C=O) groups is 4. The number of esters is 1. The lowest BCUT2D eigenvalue weighted by molar-refractivity contribution is -0.116. The van der Waals surface area contributed by atoms with Gasteiger partial charge in [-0.05, 0) is 30.2 Å². The molecule has 9 heteroatoms. The van der Waals surface area contributed by atoms with Crippen molar-refractivity contribution in [1.29, 1.82) is 0 Å². The third-order valence-electron chi connectivity index (χ3n) is 4.09. The second kappa shape index (κ2) is 12.0. The van der Waals surface area contributed by atoms with Gasteiger partial charge in [0.1, 0.15) is 6.61 Å².